The summed E-state index contributed by atoms with van der Waals surface area (Å²) in [5, 5.41) is 16.2. The Morgan fingerprint density at radius 2 is 2.09 bits per heavy atom. The van der Waals surface area contributed by atoms with E-state index >= 15 is 0 Å². The molecule has 2 rings (SSSR count). The van der Waals surface area contributed by atoms with Crippen molar-refractivity contribution in [1.82, 2.24) is 25.0 Å². The summed E-state index contributed by atoms with van der Waals surface area (Å²) in [6, 6.07) is -0.700. The minimum absolute atomic E-state index is 0.141. The van der Waals surface area contributed by atoms with Crippen molar-refractivity contribution in [2.45, 2.75) is 44.1 Å². The van der Waals surface area contributed by atoms with E-state index in [2.05, 4.69) is 15.4 Å². The van der Waals surface area contributed by atoms with Crippen LogP contribution in [0.3, 0.4) is 0 Å². The molecule has 1 aliphatic heterocycles. The molecule has 10 heteroatoms. The number of alkyl halides is 3. The van der Waals surface area contributed by atoms with E-state index < -0.39 is 30.7 Å². The largest absolute Gasteiger partial charge is 0.417 e. The highest BCUT2D eigenvalue weighted by Gasteiger charge is 2.54. The molecule has 1 fully saturated rings. The van der Waals surface area contributed by atoms with Crippen molar-refractivity contribution in [3.63, 3.8) is 0 Å². The van der Waals surface area contributed by atoms with E-state index in [0.29, 0.717) is 6.54 Å². The van der Waals surface area contributed by atoms with Crippen LogP contribution in [0, 0.1) is 0 Å². The van der Waals surface area contributed by atoms with Crippen molar-refractivity contribution in [1.29, 1.82) is 0 Å². The number of carbonyl (C=O) groups is 1. The van der Waals surface area contributed by atoms with Gasteiger partial charge in [0.2, 0.25) is 0 Å². The zero-order valence-electron chi connectivity index (χ0n) is 12.0. The molecule has 0 saturated carbocycles. The van der Waals surface area contributed by atoms with Crippen LogP contribution in [0.25, 0.3) is 0 Å². The number of nitrogens with zero attached hydrogens (tertiary/aromatic N) is 4. The van der Waals surface area contributed by atoms with Crippen LogP contribution < -0.4 is 5.32 Å². The van der Waals surface area contributed by atoms with Crippen LogP contribution in [-0.2, 0) is 6.54 Å². The van der Waals surface area contributed by atoms with Crippen LogP contribution in [0.5, 0.6) is 0 Å². The molecule has 2 amide bonds. The van der Waals surface area contributed by atoms with Gasteiger partial charge >= 0.3 is 12.2 Å². The maximum absolute atomic E-state index is 12.7. The van der Waals surface area contributed by atoms with Gasteiger partial charge < -0.3 is 15.3 Å². The van der Waals surface area contributed by atoms with E-state index in [1.54, 1.807) is 11.6 Å². The first kappa shape index (κ1) is 16.5. The van der Waals surface area contributed by atoms with Gasteiger partial charge in [0.25, 0.3) is 0 Å². The molecule has 1 unspecified atom stereocenters. The Kier molecular flexibility index (Phi) is 4.59. The number of carbonyl (C=O) groups excluding carboxylic acids is 1. The third-order valence-corrected chi connectivity index (χ3v) is 3.70. The second-order valence-corrected chi connectivity index (χ2v) is 5.48. The number of likely N-dealkylation sites (tertiary alicyclic amines) is 1. The van der Waals surface area contributed by atoms with Gasteiger partial charge in [-0.15, -0.1) is 0 Å². The van der Waals surface area contributed by atoms with Crippen LogP contribution in [0.15, 0.2) is 12.7 Å². The Morgan fingerprint density at radius 3 is 2.59 bits per heavy atom. The van der Waals surface area contributed by atoms with E-state index in [1.807, 2.05) is 0 Å². The standard InChI is InChI=1S/C12H18F3N5O2/c1-9(6-20-8-16-7-17-20)18-10(21)19-4-2-11(22,3-5-19)12(13,14)15/h7-9,22H,2-6H2,1H3,(H,18,21). The first-order valence-corrected chi connectivity index (χ1v) is 6.88. The number of piperidine rings is 1. The molecule has 1 atom stereocenters. The lowest BCUT2D eigenvalue weighted by Gasteiger charge is -2.39. The van der Waals surface area contributed by atoms with Gasteiger partial charge in [0, 0.05) is 32.0 Å². The molecule has 2 N–H and O–H groups in total. The van der Waals surface area contributed by atoms with Gasteiger partial charge in [-0.25, -0.2) is 9.78 Å². The molecule has 0 spiro atoms. The Bertz CT molecular complexity index is 497. The summed E-state index contributed by atoms with van der Waals surface area (Å²) in [6.07, 6.45) is -2.82. The van der Waals surface area contributed by atoms with E-state index in [9.17, 15) is 23.1 Å². The summed E-state index contributed by atoms with van der Waals surface area (Å²) in [5.41, 5.74) is -2.70. The van der Waals surface area contributed by atoms with Gasteiger partial charge in [-0.05, 0) is 6.92 Å². The number of urea groups is 1. The number of hydrogen-bond donors (Lipinski definition) is 2. The predicted molar refractivity (Wildman–Crippen MR) is 69.8 cm³/mol. The number of aromatic nitrogens is 3. The molecule has 124 valence electrons. The summed E-state index contributed by atoms with van der Waals surface area (Å²) in [5.74, 6) is 0. The fourth-order valence-corrected chi connectivity index (χ4v) is 2.32. The normalized spacial score (nSPS) is 19.8. The number of rotatable bonds is 3. The van der Waals surface area contributed by atoms with Crippen molar-refractivity contribution in [3.8, 4) is 0 Å². The second-order valence-electron chi connectivity index (χ2n) is 5.48. The van der Waals surface area contributed by atoms with Crippen LogP contribution in [0.2, 0.25) is 0 Å². The van der Waals surface area contributed by atoms with Crippen LogP contribution in [0.1, 0.15) is 19.8 Å². The minimum atomic E-state index is -4.67. The van der Waals surface area contributed by atoms with Crippen molar-refractivity contribution in [2.24, 2.45) is 0 Å². The van der Waals surface area contributed by atoms with E-state index in [-0.39, 0.29) is 19.1 Å². The van der Waals surface area contributed by atoms with Gasteiger partial charge in [0.1, 0.15) is 12.7 Å². The highest BCUT2D eigenvalue weighted by molar-refractivity contribution is 5.74. The van der Waals surface area contributed by atoms with Crippen LogP contribution in [0.4, 0.5) is 18.0 Å². The molecule has 1 aliphatic rings. The molecule has 0 radical (unpaired) electrons. The maximum Gasteiger partial charge on any atom is 0.417 e. The lowest BCUT2D eigenvalue weighted by Crippen LogP contribution is -2.56. The Hall–Kier alpha value is -1.84. The summed E-state index contributed by atoms with van der Waals surface area (Å²) < 4.78 is 39.6. The van der Waals surface area contributed by atoms with Gasteiger partial charge in [-0.2, -0.15) is 18.3 Å². The molecule has 0 aliphatic carbocycles. The number of halogens is 3. The summed E-state index contributed by atoms with van der Waals surface area (Å²) in [4.78, 5) is 17.1. The van der Waals surface area contributed by atoms with E-state index in [0.717, 1.165) is 0 Å². The van der Waals surface area contributed by atoms with Crippen molar-refractivity contribution < 1.29 is 23.1 Å². The predicted octanol–water partition coefficient (Wildman–Crippen LogP) is 0.765. The van der Waals surface area contributed by atoms with Crippen LogP contribution >= 0.6 is 0 Å². The third-order valence-electron chi connectivity index (χ3n) is 3.70. The fourth-order valence-electron chi connectivity index (χ4n) is 2.32. The van der Waals surface area contributed by atoms with Gasteiger partial charge in [-0.3, -0.25) is 4.68 Å². The highest BCUT2D eigenvalue weighted by atomic mass is 19.4. The Balaban J connectivity index is 1.82. The zero-order chi connectivity index (χ0) is 16.4. The minimum Gasteiger partial charge on any atom is -0.380 e. The van der Waals surface area contributed by atoms with Crippen molar-refractivity contribution in [2.75, 3.05) is 13.1 Å². The van der Waals surface area contributed by atoms with E-state index in [4.69, 9.17) is 0 Å². The Morgan fingerprint density at radius 1 is 1.45 bits per heavy atom. The maximum atomic E-state index is 12.7. The van der Waals surface area contributed by atoms with Gasteiger partial charge in [0.05, 0.1) is 6.54 Å². The molecule has 0 bridgehead atoms. The SMILES string of the molecule is CC(Cn1cncn1)NC(=O)N1CCC(O)(C(F)(F)F)CC1. The summed E-state index contributed by atoms with van der Waals surface area (Å²) in [6.45, 7) is 1.89. The molecular weight excluding hydrogens is 303 g/mol. The first-order chi connectivity index (χ1) is 10.2. The topological polar surface area (TPSA) is 83.3 Å². The molecule has 1 aromatic heterocycles. The number of hydrogen-bond acceptors (Lipinski definition) is 4. The number of amides is 2. The second kappa shape index (κ2) is 6.11. The average molecular weight is 321 g/mol. The third kappa shape index (κ3) is 3.67. The highest BCUT2D eigenvalue weighted by Crippen LogP contribution is 2.38. The van der Waals surface area contributed by atoms with Gasteiger partial charge in [0.15, 0.2) is 5.60 Å². The molecule has 22 heavy (non-hydrogen) atoms. The van der Waals surface area contributed by atoms with Crippen molar-refractivity contribution >= 4 is 6.03 Å². The fraction of sp³-hybridized carbons (Fsp3) is 0.750. The summed E-state index contributed by atoms with van der Waals surface area (Å²) in [7, 11) is 0. The first-order valence-electron chi connectivity index (χ1n) is 6.88. The van der Waals surface area contributed by atoms with Crippen LogP contribution in [-0.4, -0.2) is 61.7 Å². The number of nitrogens with one attached hydrogen (secondary N) is 1. The molecule has 1 aromatic rings. The van der Waals surface area contributed by atoms with Gasteiger partial charge in [-0.1, -0.05) is 0 Å². The zero-order valence-corrected chi connectivity index (χ0v) is 12.0. The molecule has 7 nitrogen and oxygen atoms in total. The molecule has 1 saturated heterocycles. The average Bonchev–Trinajstić information content (AvgIpc) is 2.90. The lowest BCUT2D eigenvalue weighted by atomic mass is 9.91. The Labute approximate surface area is 125 Å². The molecule has 0 aromatic carbocycles. The lowest BCUT2D eigenvalue weighted by molar-refractivity contribution is -0.271. The molecule has 2 heterocycles. The van der Waals surface area contributed by atoms with E-state index in [1.165, 1.54) is 17.6 Å². The molecular formula is C12H18F3N5O2. The summed E-state index contributed by atoms with van der Waals surface area (Å²) >= 11 is 0. The smallest absolute Gasteiger partial charge is 0.380 e. The monoisotopic (exact) mass is 321 g/mol. The number of aliphatic hydroxyl groups is 1. The quantitative estimate of drug-likeness (QED) is 0.861. The van der Waals surface area contributed by atoms with Crippen molar-refractivity contribution in [3.05, 3.63) is 12.7 Å².